The van der Waals surface area contributed by atoms with Crippen LogP contribution in [0.3, 0.4) is 0 Å². The van der Waals surface area contributed by atoms with E-state index < -0.39 is 41.6 Å². The minimum absolute atomic E-state index is 0.0189. The Morgan fingerprint density at radius 3 is 2.42 bits per heavy atom. The fourth-order valence-electron chi connectivity index (χ4n) is 5.23. The van der Waals surface area contributed by atoms with Crippen LogP contribution >= 0.6 is 0 Å². The molecule has 0 bridgehead atoms. The van der Waals surface area contributed by atoms with Crippen molar-refractivity contribution in [2.24, 2.45) is 0 Å². The second kappa shape index (κ2) is 10.4. The van der Waals surface area contributed by atoms with Crippen LogP contribution in [-0.2, 0) is 20.7 Å². The molecule has 1 aliphatic heterocycles. The predicted octanol–water partition coefficient (Wildman–Crippen LogP) is 3.37. The molecule has 36 heavy (non-hydrogen) atoms. The second-order valence-corrected chi connectivity index (χ2v) is 9.14. The predicted molar refractivity (Wildman–Crippen MR) is 128 cm³/mol. The van der Waals surface area contributed by atoms with E-state index in [2.05, 4.69) is 0 Å². The molecular weight excluding hydrogens is 468 g/mol. The summed E-state index contributed by atoms with van der Waals surface area (Å²) in [4.78, 5) is 35.6. The lowest BCUT2D eigenvalue weighted by molar-refractivity contribution is -0.218. The van der Waals surface area contributed by atoms with Crippen LogP contribution in [0.2, 0.25) is 0 Å². The van der Waals surface area contributed by atoms with Crippen LogP contribution < -0.4 is 4.74 Å². The van der Waals surface area contributed by atoms with Gasteiger partial charge in [-0.2, -0.15) is 0 Å². The van der Waals surface area contributed by atoms with Crippen LogP contribution in [-0.4, -0.2) is 58.8 Å². The van der Waals surface area contributed by atoms with Crippen LogP contribution in [0.1, 0.15) is 88.6 Å². The lowest BCUT2D eigenvalue weighted by Gasteiger charge is -2.36. The zero-order valence-electron chi connectivity index (χ0n) is 20.4. The molecule has 0 saturated carbocycles. The highest BCUT2D eigenvalue weighted by atomic mass is 16.7. The number of carbonyl (C=O) groups is 3. The highest BCUT2D eigenvalue weighted by Gasteiger charge is 2.43. The molecule has 9 nitrogen and oxygen atoms in total. The first-order valence-corrected chi connectivity index (χ1v) is 12.0. The molecule has 1 heterocycles. The molecule has 1 fully saturated rings. The zero-order valence-corrected chi connectivity index (χ0v) is 20.4. The number of phenolic OH excluding ortho intramolecular Hbond substituents is 2. The highest BCUT2D eigenvalue weighted by Crippen LogP contribution is 2.50. The number of aldehydes is 1. The normalized spacial score (nSPS) is 24.6. The Kier molecular flexibility index (Phi) is 7.44. The number of benzene rings is 2. The summed E-state index contributed by atoms with van der Waals surface area (Å²) in [6.07, 6.45) is 1.25. The number of hydrogen-bond acceptors (Lipinski definition) is 9. The second-order valence-electron chi connectivity index (χ2n) is 9.14. The zero-order chi connectivity index (χ0) is 26.1. The fraction of sp³-hybridized carbons (Fsp3) is 0.444. The van der Waals surface area contributed by atoms with E-state index >= 15 is 0 Å². The molecule has 0 spiro atoms. The average Bonchev–Trinajstić information content (AvgIpc) is 2.84. The van der Waals surface area contributed by atoms with E-state index in [-0.39, 0.29) is 58.1 Å². The standard InChI is InChI=1S/C25H26O8.C2H4O/c1-11-5-3-8-17(32-11)33-16-10-12(26)9-14-19(16)25(30)21-20(23(14)28)22(27)13-6-4-7-15(31-2)18(13)24(21)29;1-2-3/h4,6-7,11-12,16-17,26,28,30H,3,5,8-10H2,1-2H3;2H,1H3/t11-,12-,16?,17-;/m0./s1. The third kappa shape index (κ3) is 4.38. The van der Waals surface area contributed by atoms with Gasteiger partial charge in [-0.1, -0.05) is 12.1 Å². The SMILES string of the molecule is CC=O.COc1cccc2c1C(=O)c1c(O)c3c(c(O)c1C2=O)C[C@H](O)CC3O[C@H]1CCC[C@H](C)O1. The number of ketones is 2. The maximum atomic E-state index is 13.5. The van der Waals surface area contributed by atoms with Gasteiger partial charge in [0.1, 0.15) is 23.5 Å². The first-order chi connectivity index (χ1) is 17.2. The van der Waals surface area contributed by atoms with Crippen molar-refractivity contribution in [2.45, 2.75) is 70.6 Å². The van der Waals surface area contributed by atoms with Crippen molar-refractivity contribution in [1.82, 2.24) is 0 Å². The quantitative estimate of drug-likeness (QED) is 0.366. The van der Waals surface area contributed by atoms with Crippen molar-refractivity contribution >= 4 is 17.9 Å². The number of carbonyl (C=O) groups excluding carboxylic acids is 3. The summed E-state index contributed by atoms with van der Waals surface area (Å²) >= 11 is 0. The van der Waals surface area contributed by atoms with Crippen LogP contribution in [0.15, 0.2) is 18.2 Å². The van der Waals surface area contributed by atoms with Gasteiger partial charge < -0.3 is 34.3 Å². The molecular formula is C27H30O9. The van der Waals surface area contributed by atoms with E-state index in [0.717, 1.165) is 19.1 Å². The lowest BCUT2D eigenvalue weighted by atomic mass is 9.76. The molecule has 2 aliphatic carbocycles. The van der Waals surface area contributed by atoms with Gasteiger partial charge in [-0.05, 0) is 39.2 Å². The number of phenols is 2. The number of fused-ring (bicyclic) bond motifs is 3. The van der Waals surface area contributed by atoms with Gasteiger partial charge in [0.15, 0.2) is 12.1 Å². The van der Waals surface area contributed by atoms with Gasteiger partial charge in [0.2, 0.25) is 5.78 Å². The van der Waals surface area contributed by atoms with E-state index in [1.807, 2.05) is 6.92 Å². The Labute approximate surface area is 208 Å². The van der Waals surface area contributed by atoms with Crippen molar-refractivity contribution in [3.8, 4) is 17.2 Å². The molecule has 1 unspecified atom stereocenters. The fourth-order valence-corrected chi connectivity index (χ4v) is 5.23. The summed E-state index contributed by atoms with van der Waals surface area (Å²) in [6.45, 7) is 3.40. The third-order valence-corrected chi connectivity index (χ3v) is 6.76. The maximum absolute atomic E-state index is 13.5. The maximum Gasteiger partial charge on any atom is 0.202 e. The molecule has 0 aromatic heterocycles. The smallest absolute Gasteiger partial charge is 0.202 e. The Morgan fingerprint density at radius 2 is 1.75 bits per heavy atom. The number of aliphatic hydroxyl groups is 1. The molecule has 2 aromatic rings. The first kappa shape index (κ1) is 25.8. The minimum atomic E-state index is -0.853. The number of rotatable bonds is 3. The van der Waals surface area contributed by atoms with E-state index in [1.54, 1.807) is 12.1 Å². The summed E-state index contributed by atoms with van der Waals surface area (Å²) < 4.78 is 17.3. The van der Waals surface area contributed by atoms with Gasteiger partial charge in [0.05, 0.1) is 42.1 Å². The minimum Gasteiger partial charge on any atom is -0.507 e. The Hall–Kier alpha value is -3.27. The van der Waals surface area contributed by atoms with Crippen molar-refractivity contribution in [2.75, 3.05) is 7.11 Å². The summed E-state index contributed by atoms with van der Waals surface area (Å²) in [5, 5.41) is 32.9. The first-order valence-electron chi connectivity index (χ1n) is 12.0. The number of aliphatic hydroxyl groups excluding tert-OH is 1. The number of hydrogen-bond donors (Lipinski definition) is 3. The van der Waals surface area contributed by atoms with Crippen LogP contribution in [0, 0.1) is 0 Å². The largest absolute Gasteiger partial charge is 0.507 e. The number of aromatic hydroxyl groups is 2. The van der Waals surface area contributed by atoms with Crippen molar-refractivity contribution in [3.05, 3.63) is 51.6 Å². The van der Waals surface area contributed by atoms with E-state index in [4.69, 9.17) is 19.0 Å². The van der Waals surface area contributed by atoms with Gasteiger partial charge in [-0.15, -0.1) is 0 Å². The molecule has 3 N–H and O–H groups in total. The lowest BCUT2D eigenvalue weighted by Crippen LogP contribution is -2.33. The third-order valence-electron chi connectivity index (χ3n) is 6.76. The number of ether oxygens (including phenoxy) is 3. The molecule has 2 aromatic carbocycles. The topological polar surface area (TPSA) is 140 Å². The highest BCUT2D eigenvalue weighted by molar-refractivity contribution is 6.31. The van der Waals surface area contributed by atoms with E-state index in [9.17, 15) is 24.9 Å². The Bertz CT molecular complexity index is 1200. The monoisotopic (exact) mass is 498 g/mol. The van der Waals surface area contributed by atoms with Crippen molar-refractivity contribution in [3.63, 3.8) is 0 Å². The Morgan fingerprint density at radius 1 is 1.06 bits per heavy atom. The average molecular weight is 499 g/mol. The van der Waals surface area contributed by atoms with Crippen LogP contribution in [0.4, 0.5) is 0 Å². The summed E-state index contributed by atoms with van der Waals surface area (Å²) in [7, 11) is 1.39. The summed E-state index contributed by atoms with van der Waals surface area (Å²) in [5.41, 5.74) is 0.0490. The molecule has 5 rings (SSSR count). The van der Waals surface area contributed by atoms with Gasteiger partial charge in [0, 0.05) is 29.5 Å². The molecule has 1 saturated heterocycles. The van der Waals surface area contributed by atoms with Gasteiger partial charge >= 0.3 is 0 Å². The molecule has 192 valence electrons. The van der Waals surface area contributed by atoms with Crippen molar-refractivity contribution in [1.29, 1.82) is 0 Å². The summed E-state index contributed by atoms with van der Waals surface area (Å²) in [6, 6.07) is 4.63. The molecule has 4 atom stereocenters. The molecule has 0 amide bonds. The van der Waals surface area contributed by atoms with Crippen molar-refractivity contribution < 1.29 is 43.9 Å². The number of methoxy groups -OCH3 is 1. The Balaban J connectivity index is 0.000000967. The summed E-state index contributed by atoms with van der Waals surface area (Å²) in [5.74, 6) is -1.81. The van der Waals surface area contributed by atoms with Crippen LogP contribution in [0.25, 0.3) is 0 Å². The molecule has 9 heteroatoms. The molecule has 0 radical (unpaired) electrons. The van der Waals surface area contributed by atoms with Gasteiger partial charge in [-0.25, -0.2) is 0 Å². The van der Waals surface area contributed by atoms with Crippen LogP contribution in [0.5, 0.6) is 17.2 Å². The van der Waals surface area contributed by atoms with E-state index in [1.165, 1.54) is 20.1 Å². The van der Waals surface area contributed by atoms with Gasteiger partial charge in [-0.3, -0.25) is 9.59 Å². The van der Waals surface area contributed by atoms with E-state index in [0.29, 0.717) is 6.42 Å². The van der Waals surface area contributed by atoms with Gasteiger partial charge in [0.25, 0.3) is 0 Å². The molecule has 3 aliphatic rings.